The number of thiophene rings is 1. The molecule has 0 aliphatic rings. The molecule has 1 heterocycles. The minimum atomic E-state index is -0.178. The number of nitrogens with zero attached hydrogens (tertiary/aromatic N) is 1. The van der Waals surface area contributed by atoms with Crippen molar-refractivity contribution in [1.82, 2.24) is 4.90 Å². The first-order chi connectivity index (χ1) is 11.5. The summed E-state index contributed by atoms with van der Waals surface area (Å²) in [7, 11) is 1.66. The van der Waals surface area contributed by atoms with E-state index in [2.05, 4.69) is 11.4 Å². The average molecular weight is 363 g/mol. The van der Waals surface area contributed by atoms with E-state index in [1.54, 1.807) is 30.1 Å². The number of amides is 2. The molecule has 0 fully saturated rings. The quantitative estimate of drug-likeness (QED) is 0.817. The molecule has 2 rings (SSSR count). The molecule has 24 heavy (non-hydrogen) atoms. The summed E-state index contributed by atoms with van der Waals surface area (Å²) in [5.74, 6) is 0.993. The maximum absolute atomic E-state index is 12.1. The normalized spacial score (nSPS) is 10.5. The van der Waals surface area contributed by atoms with Crippen molar-refractivity contribution in [1.29, 1.82) is 0 Å². The van der Waals surface area contributed by atoms with Crippen molar-refractivity contribution >= 4 is 40.6 Å². The van der Waals surface area contributed by atoms with Gasteiger partial charge in [-0.15, -0.1) is 23.1 Å². The summed E-state index contributed by atoms with van der Waals surface area (Å²) in [4.78, 5) is 27.0. The molecule has 0 saturated heterocycles. The van der Waals surface area contributed by atoms with Gasteiger partial charge in [-0.25, -0.2) is 0 Å². The molecule has 0 unspecified atom stereocenters. The molecule has 0 atom stereocenters. The minimum absolute atomic E-state index is 0.0346. The standard InChI is InChI=1S/C18H22N2O2S2/c1-13-6-4-8-16(14(13)2)19-17(21)10-20(3)18(22)12-23-11-15-7-5-9-24-15/h4-9H,10-12H2,1-3H3,(H,19,21). The second-order valence-electron chi connectivity index (χ2n) is 5.62. The maximum Gasteiger partial charge on any atom is 0.243 e. The molecule has 0 saturated carbocycles. The van der Waals surface area contributed by atoms with Gasteiger partial charge in [-0.2, -0.15) is 0 Å². The largest absolute Gasteiger partial charge is 0.336 e. The lowest BCUT2D eigenvalue weighted by molar-refractivity contribution is -0.131. The molecule has 6 heteroatoms. The average Bonchev–Trinajstić information content (AvgIpc) is 3.05. The molecule has 0 aliphatic heterocycles. The van der Waals surface area contributed by atoms with E-state index in [1.165, 1.54) is 9.78 Å². The molecule has 2 amide bonds. The Hall–Kier alpha value is -1.79. The lowest BCUT2D eigenvalue weighted by atomic mass is 10.1. The van der Waals surface area contributed by atoms with E-state index in [0.717, 1.165) is 22.6 Å². The van der Waals surface area contributed by atoms with Crippen LogP contribution in [-0.4, -0.2) is 36.1 Å². The number of hydrogen-bond acceptors (Lipinski definition) is 4. The van der Waals surface area contributed by atoms with Crippen LogP contribution >= 0.6 is 23.1 Å². The number of carbonyl (C=O) groups is 2. The van der Waals surface area contributed by atoms with E-state index in [-0.39, 0.29) is 18.4 Å². The summed E-state index contributed by atoms with van der Waals surface area (Å²) in [5, 5.41) is 4.91. The monoisotopic (exact) mass is 362 g/mol. The Labute approximate surface area is 151 Å². The summed E-state index contributed by atoms with van der Waals surface area (Å²) >= 11 is 3.26. The van der Waals surface area contributed by atoms with E-state index in [4.69, 9.17) is 0 Å². The highest BCUT2D eigenvalue weighted by Crippen LogP contribution is 2.18. The molecule has 2 aromatic rings. The molecular weight excluding hydrogens is 340 g/mol. The van der Waals surface area contributed by atoms with Crippen LogP contribution in [0.25, 0.3) is 0 Å². The van der Waals surface area contributed by atoms with Crippen LogP contribution in [0.3, 0.4) is 0 Å². The Balaban J connectivity index is 1.77. The molecule has 0 spiro atoms. The van der Waals surface area contributed by atoms with E-state index in [9.17, 15) is 9.59 Å². The lowest BCUT2D eigenvalue weighted by Gasteiger charge is -2.17. The molecule has 0 bridgehead atoms. The third-order valence-corrected chi connectivity index (χ3v) is 5.76. The third kappa shape index (κ3) is 5.39. The van der Waals surface area contributed by atoms with Gasteiger partial charge in [0.1, 0.15) is 0 Å². The fourth-order valence-corrected chi connectivity index (χ4v) is 3.93. The number of likely N-dealkylation sites (N-methyl/N-ethyl adjacent to an activating group) is 1. The van der Waals surface area contributed by atoms with Crippen LogP contribution in [0.5, 0.6) is 0 Å². The topological polar surface area (TPSA) is 49.4 Å². The van der Waals surface area contributed by atoms with Crippen molar-refractivity contribution < 1.29 is 9.59 Å². The fourth-order valence-electron chi connectivity index (χ4n) is 2.12. The van der Waals surface area contributed by atoms with Crippen LogP contribution < -0.4 is 5.32 Å². The van der Waals surface area contributed by atoms with Gasteiger partial charge in [-0.1, -0.05) is 18.2 Å². The highest BCUT2D eigenvalue weighted by atomic mass is 32.2. The van der Waals surface area contributed by atoms with E-state index < -0.39 is 0 Å². The van der Waals surface area contributed by atoms with Crippen molar-refractivity contribution in [2.24, 2.45) is 0 Å². The Bertz CT molecular complexity index is 699. The first kappa shape index (κ1) is 18.5. The third-order valence-electron chi connectivity index (χ3n) is 3.74. The molecule has 0 aliphatic carbocycles. The number of carbonyl (C=O) groups excluding carboxylic acids is 2. The number of rotatable bonds is 7. The zero-order valence-corrected chi connectivity index (χ0v) is 15.8. The van der Waals surface area contributed by atoms with Gasteiger partial charge in [0.25, 0.3) is 0 Å². The van der Waals surface area contributed by atoms with Crippen molar-refractivity contribution in [3.05, 3.63) is 51.7 Å². The van der Waals surface area contributed by atoms with E-state index >= 15 is 0 Å². The summed E-state index contributed by atoms with van der Waals surface area (Å²) in [5.41, 5.74) is 2.97. The smallest absolute Gasteiger partial charge is 0.243 e. The summed E-state index contributed by atoms with van der Waals surface area (Å²) in [6.07, 6.45) is 0. The second-order valence-corrected chi connectivity index (χ2v) is 7.64. The highest BCUT2D eigenvalue weighted by Gasteiger charge is 2.14. The van der Waals surface area contributed by atoms with Crippen molar-refractivity contribution in [3.63, 3.8) is 0 Å². The number of hydrogen-bond donors (Lipinski definition) is 1. The summed E-state index contributed by atoms with van der Waals surface area (Å²) in [6.45, 7) is 4.04. The van der Waals surface area contributed by atoms with Gasteiger partial charge < -0.3 is 10.2 Å². The molecule has 128 valence electrons. The van der Waals surface area contributed by atoms with Crippen LogP contribution in [0.15, 0.2) is 35.7 Å². The van der Waals surface area contributed by atoms with Gasteiger partial charge in [0.2, 0.25) is 11.8 Å². The summed E-state index contributed by atoms with van der Waals surface area (Å²) < 4.78 is 0. The number of anilines is 1. The number of aryl methyl sites for hydroxylation is 1. The lowest BCUT2D eigenvalue weighted by Crippen LogP contribution is -2.36. The molecule has 0 radical (unpaired) electrons. The van der Waals surface area contributed by atoms with Crippen molar-refractivity contribution in [3.8, 4) is 0 Å². The van der Waals surface area contributed by atoms with Gasteiger partial charge in [0.05, 0.1) is 12.3 Å². The Morgan fingerprint density at radius 2 is 2.00 bits per heavy atom. The molecular formula is C18H22N2O2S2. The SMILES string of the molecule is Cc1cccc(NC(=O)CN(C)C(=O)CSCc2cccs2)c1C. The van der Waals surface area contributed by atoms with E-state index in [0.29, 0.717) is 5.75 Å². The Morgan fingerprint density at radius 3 is 2.71 bits per heavy atom. The van der Waals surface area contributed by atoms with Crippen molar-refractivity contribution in [2.75, 3.05) is 24.7 Å². The predicted molar refractivity (Wildman–Crippen MR) is 103 cm³/mol. The molecule has 1 aromatic heterocycles. The molecule has 4 nitrogen and oxygen atoms in total. The zero-order valence-electron chi connectivity index (χ0n) is 14.2. The van der Waals surface area contributed by atoms with Crippen LogP contribution in [0.4, 0.5) is 5.69 Å². The Morgan fingerprint density at radius 1 is 1.21 bits per heavy atom. The second kappa shape index (κ2) is 8.89. The van der Waals surface area contributed by atoms with Gasteiger partial charge in [-0.3, -0.25) is 9.59 Å². The van der Waals surface area contributed by atoms with Crippen LogP contribution in [0.2, 0.25) is 0 Å². The first-order valence-electron chi connectivity index (χ1n) is 7.67. The van der Waals surface area contributed by atoms with Gasteiger partial charge >= 0.3 is 0 Å². The number of thioether (sulfide) groups is 1. The fraction of sp³-hybridized carbons (Fsp3) is 0.333. The van der Waals surface area contributed by atoms with Gasteiger partial charge in [0, 0.05) is 23.4 Å². The zero-order chi connectivity index (χ0) is 17.5. The molecule has 1 N–H and O–H groups in total. The highest BCUT2D eigenvalue weighted by molar-refractivity contribution is 7.99. The number of benzene rings is 1. The number of nitrogens with one attached hydrogen (secondary N) is 1. The maximum atomic E-state index is 12.1. The van der Waals surface area contributed by atoms with E-state index in [1.807, 2.05) is 43.5 Å². The van der Waals surface area contributed by atoms with Crippen LogP contribution in [0.1, 0.15) is 16.0 Å². The predicted octanol–water partition coefficient (Wildman–Crippen LogP) is 3.70. The summed E-state index contributed by atoms with van der Waals surface area (Å²) in [6, 6.07) is 9.86. The van der Waals surface area contributed by atoms with Gasteiger partial charge in [0.15, 0.2) is 0 Å². The Kier molecular flexibility index (Phi) is 6.87. The minimum Gasteiger partial charge on any atom is -0.336 e. The van der Waals surface area contributed by atoms with Gasteiger partial charge in [-0.05, 0) is 42.5 Å². The van der Waals surface area contributed by atoms with Crippen molar-refractivity contribution in [2.45, 2.75) is 19.6 Å². The van der Waals surface area contributed by atoms with Crippen LogP contribution in [0, 0.1) is 13.8 Å². The molecule has 1 aromatic carbocycles. The van der Waals surface area contributed by atoms with Crippen LogP contribution in [-0.2, 0) is 15.3 Å². The first-order valence-corrected chi connectivity index (χ1v) is 9.71.